The molecule has 0 atom stereocenters. The highest BCUT2D eigenvalue weighted by Gasteiger charge is 2.01. The predicted octanol–water partition coefficient (Wildman–Crippen LogP) is 2.53. The summed E-state index contributed by atoms with van der Waals surface area (Å²) < 4.78 is 5.66. The third-order valence-electron chi connectivity index (χ3n) is 2.44. The molecule has 0 aliphatic carbocycles. The molecular weight excluding hydrogens is 246 g/mol. The number of nitrogens with one attached hydrogen (secondary N) is 1. The number of furan rings is 1. The first kappa shape index (κ1) is 13.1. The van der Waals surface area contributed by atoms with Gasteiger partial charge in [-0.05, 0) is 25.3 Å². The van der Waals surface area contributed by atoms with Crippen LogP contribution in [0, 0.1) is 6.92 Å². The van der Waals surface area contributed by atoms with Crippen molar-refractivity contribution in [2.75, 3.05) is 6.26 Å². The number of nitrogens with zero attached hydrogens (tertiary/aromatic N) is 2. The molecule has 1 N–H and O–H groups in total. The van der Waals surface area contributed by atoms with Crippen molar-refractivity contribution in [3.63, 3.8) is 0 Å². The maximum atomic E-state index is 5.66. The Kier molecular flexibility index (Phi) is 4.78. The zero-order valence-electron chi connectivity index (χ0n) is 10.6. The summed E-state index contributed by atoms with van der Waals surface area (Å²) in [6.45, 7) is 3.34. The summed E-state index contributed by atoms with van der Waals surface area (Å²) in [7, 11) is 0. The summed E-state index contributed by atoms with van der Waals surface area (Å²) in [6.07, 6.45) is 5.64. The zero-order valence-corrected chi connectivity index (χ0v) is 11.5. The highest BCUT2D eigenvalue weighted by molar-refractivity contribution is 7.97. The zero-order chi connectivity index (χ0) is 12.8. The average molecular weight is 263 g/mol. The molecule has 2 heterocycles. The van der Waals surface area contributed by atoms with E-state index in [1.54, 1.807) is 24.2 Å². The Bertz CT molecular complexity index is 481. The molecule has 18 heavy (non-hydrogen) atoms. The van der Waals surface area contributed by atoms with Crippen molar-refractivity contribution in [3.05, 3.63) is 47.4 Å². The summed E-state index contributed by atoms with van der Waals surface area (Å²) in [5, 5.41) is 3.29. The Labute approximate surface area is 111 Å². The lowest BCUT2D eigenvalue weighted by atomic mass is 10.4. The molecule has 2 aromatic rings. The molecule has 0 saturated carbocycles. The highest BCUT2D eigenvalue weighted by atomic mass is 32.2. The fourth-order valence-corrected chi connectivity index (χ4v) is 2.00. The van der Waals surface area contributed by atoms with Crippen LogP contribution in [-0.4, -0.2) is 16.2 Å². The van der Waals surface area contributed by atoms with Crippen LogP contribution in [-0.2, 0) is 18.8 Å². The Morgan fingerprint density at radius 2 is 2.00 bits per heavy atom. The van der Waals surface area contributed by atoms with Crippen LogP contribution in [0.25, 0.3) is 0 Å². The fraction of sp³-hybridized carbons (Fsp3) is 0.385. The SMILES string of the molecule is CSCc1ccc(CNCc2cnc(C)cn2)o1. The smallest absolute Gasteiger partial charge is 0.118 e. The van der Waals surface area contributed by atoms with E-state index in [0.717, 1.165) is 28.7 Å². The molecule has 0 unspecified atom stereocenters. The lowest BCUT2D eigenvalue weighted by Crippen LogP contribution is -2.13. The van der Waals surface area contributed by atoms with Crippen LogP contribution in [0.4, 0.5) is 0 Å². The third kappa shape index (κ3) is 3.85. The summed E-state index contributed by atoms with van der Waals surface area (Å²) >= 11 is 1.76. The first-order valence-electron chi connectivity index (χ1n) is 5.82. The number of aromatic nitrogens is 2. The molecular formula is C13H17N3OS. The largest absolute Gasteiger partial charge is 0.464 e. The van der Waals surface area contributed by atoms with Gasteiger partial charge in [-0.25, -0.2) is 0 Å². The van der Waals surface area contributed by atoms with Crippen LogP contribution in [0.15, 0.2) is 28.9 Å². The molecule has 5 heteroatoms. The fourth-order valence-electron chi connectivity index (χ4n) is 1.56. The molecule has 96 valence electrons. The lowest BCUT2D eigenvalue weighted by Gasteiger charge is -2.02. The van der Waals surface area contributed by atoms with E-state index in [0.29, 0.717) is 13.1 Å². The number of thioether (sulfide) groups is 1. The van der Waals surface area contributed by atoms with Gasteiger partial charge in [0.15, 0.2) is 0 Å². The van der Waals surface area contributed by atoms with E-state index >= 15 is 0 Å². The van der Waals surface area contributed by atoms with Gasteiger partial charge in [-0.3, -0.25) is 9.97 Å². The van der Waals surface area contributed by atoms with Crippen molar-refractivity contribution in [2.45, 2.75) is 25.8 Å². The third-order valence-corrected chi connectivity index (χ3v) is 3.02. The Morgan fingerprint density at radius 1 is 1.17 bits per heavy atom. The average Bonchev–Trinajstić information content (AvgIpc) is 2.80. The van der Waals surface area contributed by atoms with Crippen LogP contribution in [0.5, 0.6) is 0 Å². The number of rotatable bonds is 6. The van der Waals surface area contributed by atoms with Gasteiger partial charge < -0.3 is 9.73 Å². The molecule has 0 radical (unpaired) electrons. The second-order valence-corrected chi connectivity index (χ2v) is 4.92. The summed E-state index contributed by atoms with van der Waals surface area (Å²) in [5.74, 6) is 2.90. The molecule has 0 aromatic carbocycles. The maximum Gasteiger partial charge on any atom is 0.118 e. The second-order valence-electron chi connectivity index (χ2n) is 4.05. The van der Waals surface area contributed by atoms with E-state index in [1.807, 2.05) is 19.1 Å². The first-order chi connectivity index (χ1) is 8.78. The van der Waals surface area contributed by atoms with E-state index < -0.39 is 0 Å². The summed E-state index contributed by atoms with van der Waals surface area (Å²) in [4.78, 5) is 8.49. The van der Waals surface area contributed by atoms with Crippen LogP contribution >= 0.6 is 11.8 Å². The molecule has 4 nitrogen and oxygen atoms in total. The Hall–Kier alpha value is -1.33. The number of hydrogen-bond acceptors (Lipinski definition) is 5. The highest BCUT2D eigenvalue weighted by Crippen LogP contribution is 2.13. The van der Waals surface area contributed by atoms with Gasteiger partial charge in [-0.15, -0.1) is 0 Å². The van der Waals surface area contributed by atoms with E-state index in [1.165, 1.54) is 0 Å². The van der Waals surface area contributed by atoms with Crippen molar-refractivity contribution >= 4 is 11.8 Å². The minimum atomic E-state index is 0.700. The number of hydrogen-bond donors (Lipinski definition) is 1. The van der Waals surface area contributed by atoms with Crippen molar-refractivity contribution in [3.8, 4) is 0 Å². The monoisotopic (exact) mass is 263 g/mol. The second kappa shape index (κ2) is 6.56. The van der Waals surface area contributed by atoms with Crippen LogP contribution in [0.3, 0.4) is 0 Å². The molecule has 0 saturated heterocycles. The van der Waals surface area contributed by atoms with Gasteiger partial charge in [-0.1, -0.05) is 0 Å². The van der Waals surface area contributed by atoms with E-state index in [2.05, 4.69) is 21.5 Å². The van der Waals surface area contributed by atoms with Gasteiger partial charge in [0, 0.05) is 18.9 Å². The first-order valence-corrected chi connectivity index (χ1v) is 7.22. The Balaban J connectivity index is 1.79. The molecule has 2 rings (SSSR count). The summed E-state index contributed by atoms with van der Waals surface area (Å²) in [5.41, 5.74) is 1.88. The predicted molar refractivity (Wildman–Crippen MR) is 73.2 cm³/mol. The lowest BCUT2D eigenvalue weighted by molar-refractivity contribution is 0.458. The van der Waals surface area contributed by atoms with Gasteiger partial charge in [0.05, 0.1) is 23.7 Å². The van der Waals surface area contributed by atoms with Gasteiger partial charge in [0.25, 0.3) is 0 Å². The van der Waals surface area contributed by atoms with Crippen molar-refractivity contribution < 1.29 is 4.42 Å². The van der Waals surface area contributed by atoms with Gasteiger partial charge in [0.1, 0.15) is 11.5 Å². The molecule has 0 aliphatic rings. The van der Waals surface area contributed by atoms with Crippen molar-refractivity contribution in [2.24, 2.45) is 0 Å². The molecule has 0 spiro atoms. The van der Waals surface area contributed by atoms with Crippen molar-refractivity contribution in [1.82, 2.24) is 15.3 Å². The molecule has 0 bridgehead atoms. The van der Waals surface area contributed by atoms with Crippen molar-refractivity contribution in [1.29, 1.82) is 0 Å². The van der Waals surface area contributed by atoms with Gasteiger partial charge >= 0.3 is 0 Å². The minimum Gasteiger partial charge on any atom is -0.464 e. The van der Waals surface area contributed by atoms with E-state index in [9.17, 15) is 0 Å². The minimum absolute atomic E-state index is 0.700. The standard InChI is InChI=1S/C13H17N3OS/c1-10-5-16-11(7-15-10)6-14-8-12-3-4-13(17-12)9-18-2/h3-5,7,14H,6,8-9H2,1-2H3. The van der Waals surface area contributed by atoms with Gasteiger partial charge in [0.2, 0.25) is 0 Å². The molecule has 0 aliphatic heterocycles. The summed E-state index contributed by atoms with van der Waals surface area (Å²) in [6, 6.07) is 4.04. The van der Waals surface area contributed by atoms with Gasteiger partial charge in [-0.2, -0.15) is 11.8 Å². The number of aryl methyl sites for hydroxylation is 1. The van der Waals surface area contributed by atoms with E-state index in [-0.39, 0.29) is 0 Å². The van der Waals surface area contributed by atoms with E-state index in [4.69, 9.17) is 4.42 Å². The van der Waals surface area contributed by atoms with Crippen LogP contribution < -0.4 is 5.32 Å². The van der Waals surface area contributed by atoms with Crippen LogP contribution in [0.2, 0.25) is 0 Å². The molecule has 0 amide bonds. The topological polar surface area (TPSA) is 51.0 Å². The molecule has 2 aromatic heterocycles. The van der Waals surface area contributed by atoms with Crippen LogP contribution in [0.1, 0.15) is 22.9 Å². The Morgan fingerprint density at radius 3 is 2.72 bits per heavy atom. The molecule has 0 fully saturated rings. The normalized spacial score (nSPS) is 10.8. The quantitative estimate of drug-likeness (QED) is 0.868. The maximum absolute atomic E-state index is 5.66.